The van der Waals surface area contributed by atoms with Crippen LogP contribution in [0.25, 0.3) is 6.08 Å². The molecule has 2 fully saturated rings. The van der Waals surface area contributed by atoms with Gasteiger partial charge in [0.05, 0.1) is 13.2 Å². The molecule has 8 heteroatoms. The largest absolute Gasteiger partial charge is 0.454 e. The smallest absolute Gasteiger partial charge is 0.331 e. The predicted octanol–water partition coefficient (Wildman–Crippen LogP) is 4.17. The highest BCUT2D eigenvalue weighted by atomic mass is 16.8. The summed E-state index contributed by atoms with van der Waals surface area (Å²) in [6.07, 6.45) is -0.773. The fourth-order valence-corrected chi connectivity index (χ4v) is 4.68. The van der Waals surface area contributed by atoms with Crippen LogP contribution in [0, 0.1) is 0 Å². The van der Waals surface area contributed by atoms with Gasteiger partial charge in [-0.3, -0.25) is 4.79 Å². The first-order chi connectivity index (χ1) is 19.1. The molecule has 39 heavy (non-hydrogen) atoms. The molecule has 0 unspecified atom stereocenters. The van der Waals surface area contributed by atoms with Gasteiger partial charge < -0.3 is 29.0 Å². The third kappa shape index (κ3) is 6.99. The van der Waals surface area contributed by atoms with Crippen LogP contribution >= 0.6 is 0 Å². The predicted molar refractivity (Wildman–Crippen MR) is 143 cm³/mol. The van der Waals surface area contributed by atoms with Crippen LogP contribution in [-0.4, -0.2) is 49.1 Å². The van der Waals surface area contributed by atoms with E-state index in [1.165, 1.54) is 13.0 Å². The van der Waals surface area contributed by atoms with Gasteiger partial charge in [0.15, 0.2) is 18.7 Å². The Kier molecular flexibility index (Phi) is 8.80. The lowest BCUT2D eigenvalue weighted by molar-refractivity contribution is -0.346. The fraction of sp³-hybridized carbons (Fsp3) is 0.290. The number of amides is 1. The molecule has 2 aliphatic heterocycles. The number of nitrogens with one attached hydrogen (secondary N) is 1. The number of carbonyl (C=O) groups is 2. The van der Waals surface area contributed by atoms with E-state index in [1.54, 1.807) is 6.08 Å². The van der Waals surface area contributed by atoms with Gasteiger partial charge in [-0.2, -0.15) is 0 Å². The molecule has 0 aliphatic carbocycles. The second-order valence-electron chi connectivity index (χ2n) is 9.39. The molecule has 1 amide bonds. The topological polar surface area (TPSA) is 92.3 Å². The highest BCUT2D eigenvalue weighted by Gasteiger charge is 2.52. The molecule has 0 bridgehead atoms. The van der Waals surface area contributed by atoms with E-state index in [0.29, 0.717) is 0 Å². The highest BCUT2D eigenvalue weighted by Crippen LogP contribution is 2.36. The van der Waals surface area contributed by atoms with E-state index in [2.05, 4.69) is 5.32 Å². The van der Waals surface area contributed by atoms with Crippen molar-refractivity contribution in [2.75, 3.05) is 6.61 Å². The third-order valence-electron chi connectivity index (χ3n) is 6.50. The highest BCUT2D eigenvalue weighted by molar-refractivity contribution is 5.87. The Hall–Kier alpha value is -3.82. The molecule has 2 heterocycles. The molecule has 0 spiro atoms. The zero-order chi connectivity index (χ0) is 27.0. The summed E-state index contributed by atoms with van der Waals surface area (Å²) in [7, 11) is 0. The van der Waals surface area contributed by atoms with Gasteiger partial charge in [0.1, 0.15) is 18.2 Å². The van der Waals surface area contributed by atoms with Crippen molar-refractivity contribution in [3.8, 4) is 0 Å². The summed E-state index contributed by atoms with van der Waals surface area (Å²) in [5.41, 5.74) is 2.61. The zero-order valence-corrected chi connectivity index (χ0v) is 21.6. The van der Waals surface area contributed by atoms with Gasteiger partial charge in [0.25, 0.3) is 0 Å². The molecule has 1 N–H and O–H groups in total. The van der Waals surface area contributed by atoms with E-state index in [-0.39, 0.29) is 19.1 Å². The summed E-state index contributed by atoms with van der Waals surface area (Å²) < 4.78 is 30.7. The van der Waals surface area contributed by atoms with Crippen LogP contribution in [0.4, 0.5) is 0 Å². The van der Waals surface area contributed by atoms with Gasteiger partial charge in [-0.25, -0.2) is 4.79 Å². The lowest BCUT2D eigenvalue weighted by Gasteiger charge is -2.48. The Bertz CT molecular complexity index is 1250. The van der Waals surface area contributed by atoms with E-state index in [0.717, 1.165) is 16.7 Å². The fourth-order valence-electron chi connectivity index (χ4n) is 4.68. The lowest BCUT2D eigenvalue weighted by Crippen LogP contribution is -2.67. The van der Waals surface area contributed by atoms with Gasteiger partial charge in [-0.05, 0) is 17.2 Å². The van der Waals surface area contributed by atoms with Crippen LogP contribution in [-0.2, 0) is 39.9 Å². The van der Waals surface area contributed by atoms with Crippen LogP contribution in [0.1, 0.15) is 29.9 Å². The summed E-state index contributed by atoms with van der Waals surface area (Å²) in [6.45, 7) is 1.82. The molecule has 2 aliphatic rings. The van der Waals surface area contributed by atoms with E-state index in [4.69, 9.17) is 23.7 Å². The summed E-state index contributed by atoms with van der Waals surface area (Å²) in [6, 6.07) is 27.7. The Labute approximate surface area is 227 Å². The van der Waals surface area contributed by atoms with E-state index in [1.807, 2.05) is 91.0 Å². The maximum atomic E-state index is 13.0. The van der Waals surface area contributed by atoms with Gasteiger partial charge in [-0.1, -0.05) is 91.0 Å². The molecule has 6 atom stereocenters. The van der Waals surface area contributed by atoms with Crippen molar-refractivity contribution >= 4 is 18.0 Å². The minimum Gasteiger partial charge on any atom is -0.454 e. The second-order valence-corrected chi connectivity index (χ2v) is 9.39. The summed E-state index contributed by atoms with van der Waals surface area (Å²) in [5, 5.41) is 2.87. The van der Waals surface area contributed by atoms with Gasteiger partial charge in [0.2, 0.25) is 5.91 Å². The Morgan fingerprint density at radius 3 is 2.28 bits per heavy atom. The molecule has 0 aromatic heterocycles. The van der Waals surface area contributed by atoms with E-state index < -0.39 is 42.9 Å². The van der Waals surface area contributed by atoms with Crippen LogP contribution in [0.5, 0.6) is 0 Å². The van der Waals surface area contributed by atoms with Crippen molar-refractivity contribution in [3.05, 3.63) is 114 Å². The number of rotatable bonds is 8. The number of esters is 1. The maximum Gasteiger partial charge on any atom is 0.331 e. The molecular weight excluding hydrogens is 498 g/mol. The number of hydrogen-bond donors (Lipinski definition) is 1. The number of benzene rings is 3. The third-order valence-corrected chi connectivity index (χ3v) is 6.50. The van der Waals surface area contributed by atoms with E-state index in [9.17, 15) is 9.59 Å². The van der Waals surface area contributed by atoms with Crippen LogP contribution < -0.4 is 5.32 Å². The standard InChI is InChI=1S/C31H31NO7/c1-21(33)32-27-29(38-26(34)18-17-22-11-5-2-6-12-22)28-25(20-36-30(39-28)24-15-9-4-10-16-24)37-31(27)35-19-23-13-7-3-8-14-23/h2-18,25,27-31H,19-20H2,1H3,(H,32,33)/b18-17+/t25-,27+,28-,29-,30+,31-/m1/s1. The molecule has 5 rings (SSSR count). The Morgan fingerprint density at radius 1 is 0.923 bits per heavy atom. The Morgan fingerprint density at radius 2 is 1.59 bits per heavy atom. The first-order valence-corrected chi connectivity index (χ1v) is 12.9. The van der Waals surface area contributed by atoms with Crippen molar-refractivity contribution in [1.82, 2.24) is 5.32 Å². The number of carbonyl (C=O) groups excluding carboxylic acids is 2. The molecular formula is C31H31NO7. The Balaban J connectivity index is 1.40. The minimum absolute atomic E-state index is 0.191. The van der Waals surface area contributed by atoms with Crippen molar-refractivity contribution in [2.45, 2.75) is 50.5 Å². The van der Waals surface area contributed by atoms with Crippen molar-refractivity contribution < 1.29 is 33.3 Å². The first kappa shape index (κ1) is 26.8. The molecule has 3 aromatic rings. The summed E-state index contributed by atoms with van der Waals surface area (Å²) in [4.78, 5) is 25.3. The van der Waals surface area contributed by atoms with Gasteiger partial charge >= 0.3 is 5.97 Å². The molecule has 3 aromatic carbocycles. The van der Waals surface area contributed by atoms with Crippen LogP contribution in [0.3, 0.4) is 0 Å². The van der Waals surface area contributed by atoms with Crippen LogP contribution in [0.2, 0.25) is 0 Å². The second kappa shape index (κ2) is 12.8. The molecule has 0 saturated carbocycles. The monoisotopic (exact) mass is 529 g/mol. The van der Waals surface area contributed by atoms with Crippen LogP contribution in [0.15, 0.2) is 97.1 Å². The van der Waals surface area contributed by atoms with Gasteiger partial charge in [0, 0.05) is 18.6 Å². The molecule has 8 nitrogen and oxygen atoms in total. The average molecular weight is 530 g/mol. The molecule has 2 saturated heterocycles. The summed E-state index contributed by atoms with van der Waals surface area (Å²) >= 11 is 0. The number of ether oxygens (including phenoxy) is 5. The lowest BCUT2D eigenvalue weighted by atomic mass is 9.95. The van der Waals surface area contributed by atoms with Crippen molar-refractivity contribution in [1.29, 1.82) is 0 Å². The zero-order valence-electron chi connectivity index (χ0n) is 21.6. The van der Waals surface area contributed by atoms with Crippen molar-refractivity contribution in [3.63, 3.8) is 0 Å². The average Bonchev–Trinajstić information content (AvgIpc) is 2.97. The number of fused-ring (bicyclic) bond motifs is 1. The molecule has 202 valence electrons. The number of hydrogen-bond acceptors (Lipinski definition) is 7. The minimum atomic E-state index is -0.910. The van der Waals surface area contributed by atoms with Gasteiger partial charge in [-0.15, -0.1) is 0 Å². The SMILES string of the molecule is CC(=O)N[C@@H]1[C@H](OCc2ccccc2)O[C@@H]2CO[C@H](c3ccccc3)O[C@H]2[C@@H]1OC(=O)/C=C/c1ccccc1. The summed E-state index contributed by atoms with van der Waals surface area (Å²) in [5.74, 6) is -0.893. The normalized spacial score (nSPS) is 26.5. The van der Waals surface area contributed by atoms with Crippen molar-refractivity contribution in [2.24, 2.45) is 0 Å². The van der Waals surface area contributed by atoms with E-state index >= 15 is 0 Å². The quantitative estimate of drug-likeness (QED) is 0.346. The first-order valence-electron chi connectivity index (χ1n) is 12.9. The molecule has 0 radical (unpaired) electrons. The maximum absolute atomic E-state index is 13.0.